The van der Waals surface area contributed by atoms with E-state index in [2.05, 4.69) is 36.2 Å². The first-order valence-electron chi connectivity index (χ1n) is 10.4. The van der Waals surface area contributed by atoms with Gasteiger partial charge in [-0.05, 0) is 44.4 Å². The third-order valence-electron chi connectivity index (χ3n) is 5.94. The Balaban J connectivity index is 1.73. The molecule has 0 radical (unpaired) electrons. The maximum atomic E-state index is 12.7. The van der Waals surface area contributed by atoms with E-state index in [0.717, 1.165) is 28.5 Å². The molecular formula is C25H25N3O3. The minimum atomic E-state index is -0.339. The van der Waals surface area contributed by atoms with Crippen LogP contribution in [0, 0.1) is 6.92 Å². The second-order valence-corrected chi connectivity index (χ2v) is 9.16. The minimum Gasteiger partial charge on any atom is -0.505 e. The topological polar surface area (TPSA) is 75.0 Å². The van der Waals surface area contributed by atoms with Crippen molar-refractivity contribution in [1.82, 2.24) is 9.88 Å². The molecule has 158 valence electrons. The summed E-state index contributed by atoms with van der Waals surface area (Å²) >= 11 is 0. The number of aliphatic imine (C=N–C) groups is 1. The highest BCUT2D eigenvalue weighted by Gasteiger charge is 2.37. The van der Waals surface area contributed by atoms with Gasteiger partial charge in [-0.25, -0.2) is 4.99 Å². The molecule has 0 saturated heterocycles. The van der Waals surface area contributed by atoms with Crippen molar-refractivity contribution in [3.05, 3.63) is 69.9 Å². The van der Waals surface area contributed by atoms with Gasteiger partial charge in [0.2, 0.25) is 5.90 Å². The Morgan fingerprint density at radius 2 is 1.90 bits per heavy atom. The van der Waals surface area contributed by atoms with Gasteiger partial charge < -0.3 is 14.7 Å². The zero-order valence-corrected chi connectivity index (χ0v) is 18.2. The number of benzene rings is 2. The summed E-state index contributed by atoms with van der Waals surface area (Å²) < 4.78 is 5.98. The van der Waals surface area contributed by atoms with Crippen LogP contribution in [0.1, 0.15) is 52.0 Å². The average molecular weight is 415 g/mol. The van der Waals surface area contributed by atoms with Crippen molar-refractivity contribution in [3.8, 4) is 5.75 Å². The molecular weight excluding hydrogens is 390 g/mol. The van der Waals surface area contributed by atoms with Gasteiger partial charge in [0.1, 0.15) is 12.1 Å². The lowest BCUT2D eigenvalue weighted by molar-refractivity contribution is 0.0814. The van der Waals surface area contributed by atoms with Gasteiger partial charge in [0.25, 0.3) is 5.91 Å². The predicted octanol–water partition coefficient (Wildman–Crippen LogP) is 3.98. The monoisotopic (exact) mass is 415 g/mol. The molecule has 0 bridgehead atoms. The number of hydrogen-bond donors (Lipinski definition) is 1. The van der Waals surface area contributed by atoms with E-state index in [0.29, 0.717) is 30.1 Å². The molecule has 0 atom stereocenters. The van der Waals surface area contributed by atoms with Crippen LogP contribution >= 0.6 is 0 Å². The first-order chi connectivity index (χ1) is 14.7. The van der Waals surface area contributed by atoms with Gasteiger partial charge in [-0.3, -0.25) is 9.78 Å². The zero-order valence-electron chi connectivity index (χ0n) is 18.2. The van der Waals surface area contributed by atoms with Gasteiger partial charge in [0.05, 0.1) is 16.7 Å². The molecule has 2 aliphatic rings. The SMILES string of the molecule is Cc1ccc(Cc2cnc3c(O)c4c(c(C5=NC(C)(C)CO5)c3c2)CN(C)C4=O)cc1. The molecule has 0 spiro atoms. The van der Waals surface area contributed by atoms with Crippen LogP contribution in [0.15, 0.2) is 41.5 Å². The van der Waals surface area contributed by atoms with Crippen molar-refractivity contribution in [3.63, 3.8) is 0 Å². The smallest absolute Gasteiger partial charge is 0.258 e. The fourth-order valence-electron chi connectivity index (χ4n) is 4.32. The number of fused-ring (bicyclic) bond motifs is 2. The van der Waals surface area contributed by atoms with Crippen LogP contribution in [0.25, 0.3) is 10.9 Å². The number of pyridine rings is 1. The molecule has 0 saturated carbocycles. The number of aromatic nitrogens is 1. The molecule has 1 aromatic heterocycles. The van der Waals surface area contributed by atoms with Crippen molar-refractivity contribution in [2.75, 3.05) is 13.7 Å². The summed E-state index contributed by atoms with van der Waals surface area (Å²) in [6, 6.07) is 10.5. The standard InChI is InChI=1S/C25H25N3O3/c1-14-5-7-15(8-6-14)9-16-10-17-19(23-27-25(2,3)13-31-23)18-12-28(4)24(30)20(18)22(29)21(17)26-11-16/h5-8,10-11,29H,9,12-13H2,1-4H3. The summed E-state index contributed by atoms with van der Waals surface area (Å²) in [6.07, 6.45) is 2.49. The number of carbonyl (C=O) groups excluding carboxylic acids is 1. The van der Waals surface area contributed by atoms with E-state index in [1.165, 1.54) is 11.1 Å². The van der Waals surface area contributed by atoms with Crippen LogP contribution in [0.2, 0.25) is 0 Å². The van der Waals surface area contributed by atoms with Crippen molar-refractivity contribution < 1.29 is 14.6 Å². The first-order valence-corrected chi connectivity index (χ1v) is 10.4. The number of phenols is 1. The third kappa shape index (κ3) is 3.23. The molecule has 2 aromatic carbocycles. The lowest BCUT2D eigenvalue weighted by Gasteiger charge is -2.14. The fourth-order valence-corrected chi connectivity index (χ4v) is 4.32. The van der Waals surface area contributed by atoms with E-state index in [1.54, 1.807) is 18.1 Å². The van der Waals surface area contributed by atoms with E-state index in [9.17, 15) is 9.90 Å². The maximum Gasteiger partial charge on any atom is 0.258 e. The Morgan fingerprint density at radius 1 is 1.16 bits per heavy atom. The van der Waals surface area contributed by atoms with E-state index in [4.69, 9.17) is 9.73 Å². The van der Waals surface area contributed by atoms with Gasteiger partial charge in [0, 0.05) is 30.7 Å². The lowest BCUT2D eigenvalue weighted by atomic mass is 9.94. The number of carbonyl (C=O) groups is 1. The molecule has 31 heavy (non-hydrogen) atoms. The molecule has 3 aromatic rings. The molecule has 0 unspecified atom stereocenters. The highest BCUT2D eigenvalue weighted by Crippen LogP contribution is 2.41. The summed E-state index contributed by atoms with van der Waals surface area (Å²) in [5.74, 6) is 0.241. The fraction of sp³-hybridized carbons (Fsp3) is 0.320. The largest absolute Gasteiger partial charge is 0.505 e. The normalized spacial score (nSPS) is 17.1. The minimum absolute atomic E-state index is 0.0668. The number of rotatable bonds is 3. The molecule has 0 aliphatic carbocycles. The van der Waals surface area contributed by atoms with Crippen LogP contribution in [0.4, 0.5) is 0 Å². The number of hydrogen-bond acceptors (Lipinski definition) is 5. The molecule has 2 aliphatic heterocycles. The van der Waals surface area contributed by atoms with Crippen LogP contribution in [0.3, 0.4) is 0 Å². The van der Waals surface area contributed by atoms with Gasteiger partial charge in [-0.2, -0.15) is 0 Å². The Kier molecular flexibility index (Phi) is 4.29. The van der Waals surface area contributed by atoms with Crippen molar-refractivity contribution in [2.24, 2.45) is 4.99 Å². The van der Waals surface area contributed by atoms with Gasteiger partial charge in [0.15, 0.2) is 5.75 Å². The Hall–Kier alpha value is -3.41. The maximum absolute atomic E-state index is 12.7. The summed E-state index contributed by atoms with van der Waals surface area (Å²) in [5, 5.41) is 11.7. The predicted molar refractivity (Wildman–Crippen MR) is 120 cm³/mol. The van der Waals surface area contributed by atoms with E-state index in [-0.39, 0.29) is 17.2 Å². The second kappa shape index (κ2) is 6.80. The molecule has 1 N–H and O–H groups in total. The molecule has 5 rings (SSSR count). The van der Waals surface area contributed by atoms with Crippen molar-refractivity contribution >= 4 is 22.7 Å². The number of aryl methyl sites for hydroxylation is 1. The number of ether oxygens (including phenoxy) is 1. The van der Waals surface area contributed by atoms with Crippen LogP contribution in [-0.2, 0) is 17.7 Å². The summed E-state index contributed by atoms with van der Waals surface area (Å²) in [5.41, 5.74) is 5.31. The Bertz CT molecular complexity index is 1260. The van der Waals surface area contributed by atoms with E-state index >= 15 is 0 Å². The molecule has 3 heterocycles. The van der Waals surface area contributed by atoms with Gasteiger partial charge >= 0.3 is 0 Å². The van der Waals surface area contributed by atoms with Gasteiger partial charge in [-0.15, -0.1) is 0 Å². The Labute approximate surface area is 181 Å². The van der Waals surface area contributed by atoms with Crippen molar-refractivity contribution in [2.45, 2.75) is 39.3 Å². The summed E-state index contributed by atoms with van der Waals surface area (Å²) in [6.45, 7) is 6.97. The van der Waals surface area contributed by atoms with E-state index in [1.807, 2.05) is 19.9 Å². The highest BCUT2D eigenvalue weighted by atomic mass is 16.5. The number of aromatic hydroxyl groups is 1. The van der Waals surface area contributed by atoms with Crippen LogP contribution < -0.4 is 0 Å². The second-order valence-electron chi connectivity index (χ2n) is 9.16. The quantitative estimate of drug-likeness (QED) is 0.702. The molecule has 0 fully saturated rings. The number of phenolic OH excluding ortho intramolecular Hbond substituents is 1. The highest BCUT2D eigenvalue weighted by molar-refractivity contribution is 6.16. The average Bonchev–Trinajstić information content (AvgIpc) is 3.23. The van der Waals surface area contributed by atoms with Crippen LogP contribution in [-0.4, -0.2) is 46.0 Å². The Morgan fingerprint density at radius 3 is 2.58 bits per heavy atom. The molecule has 1 amide bonds. The van der Waals surface area contributed by atoms with Crippen molar-refractivity contribution in [1.29, 1.82) is 0 Å². The first kappa shape index (κ1) is 19.5. The molecule has 6 heteroatoms. The zero-order chi connectivity index (χ0) is 21.9. The third-order valence-corrected chi connectivity index (χ3v) is 5.94. The molecule has 6 nitrogen and oxygen atoms in total. The summed E-state index contributed by atoms with van der Waals surface area (Å²) in [4.78, 5) is 23.7. The van der Waals surface area contributed by atoms with E-state index < -0.39 is 0 Å². The van der Waals surface area contributed by atoms with Crippen LogP contribution in [0.5, 0.6) is 5.75 Å². The number of nitrogens with zero attached hydrogens (tertiary/aromatic N) is 3. The summed E-state index contributed by atoms with van der Waals surface area (Å²) in [7, 11) is 1.73. The van der Waals surface area contributed by atoms with Gasteiger partial charge in [-0.1, -0.05) is 29.8 Å². The number of amides is 1. The lowest BCUT2D eigenvalue weighted by Crippen LogP contribution is -2.17.